The quantitative estimate of drug-likeness (QED) is 0.489. The standard InChI is InChI=1S/C11H18O/c1-6-9(4)7-10(5)11(12)8(2)3/h6-7,12H,1-5H3/b9-6-,10-7-. The predicted octanol–water partition coefficient (Wildman–Crippen LogP) is 3.75. The highest BCUT2D eigenvalue weighted by atomic mass is 16.3. The van der Waals surface area contributed by atoms with Gasteiger partial charge in [0, 0.05) is 0 Å². The van der Waals surface area contributed by atoms with Crippen LogP contribution in [0.4, 0.5) is 0 Å². The first-order valence-corrected chi connectivity index (χ1v) is 4.17. The molecule has 68 valence electrons. The smallest absolute Gasteiger partial charge is 0.117 e. The van der Waals surface area contributed by atoms with Crippen LogP contribution in [-0.2, 0) is 0 Å². The van der Waals surface area contributed by atoms with E-state index in [1.807, 2.05) is 46.8 Å². The third-order valence-electron chi connectivity index (χ3n) is 1.75. The van der Waals surface area contributed by atoms with E-state index in [0.29, 0.717) is 5.76 Å². The summed E-state index contributed by atoms with van der Waals surface area (Å²) in [7, 11) is 0. The first-order chi connectivity index (χ1) is 5.49. The Labute approximate surface area is 75.1 Å². The summed E-state index contributed by atoms with van der Waals surface area (Å²) >= 11 is 0. The molecule has 0 atom stereocenters. The van der Waals surface area contributed by atoms with Gasteiger partial charge < -0.3 is 5.11 Å². The van der Waals surface area contributed by atoms with Crippen molar-refractivity contribution < 1.29 is 5.11 Å². The van der Waals surface area contributed by atoms with E-state index in [4.69, 9.17) is 0 Å². The topological polar surface area (TPSA) is 20.2 Å². The molecule has 0 saturated heterocycles. The first-order valence-electron chi connectivity index (χ1n) is 4.17. The fraction of sp³-hybridized carbons (Fsp3) is 0.455. The van der Waals surface area contributed by atoms with Gasteiger partial charge in [0.05, 0.1) is 0 Å². The van der Waals surface area contributed by atoms with Gasteiger partial charge in [-0.25, -0.2) is 0 Å². The van der Waals surface area contributed by atoms with Crippen LogP contribution in [0.25, 0.3) is 0 Å². The van der Waals surface area contributed by atoms with Gasteiger partial charge >= 0.3 is 0 Å². The second-order valence-corrected chi connectivity index (χ2v) is 3.21. The summed E-state index contributed by atoms with van der Waals surface area (Å²) in [6, 6.07) is 0. The van der Waals surface area contributed by atoms with Crippen LogP contribution in [0.5, 0.6) is 0 Å². The van der Waals surface area contributed by atoms with E-state index < -0.39 is 0 Å². The molecule has 0 spiro atoms. The van der Waals surface area contributed by atoms with E-state index in [0.717, 1.165) is 11.1 Å². The molecule has 1 heteroatoms. The van der Waals surface area contributed by atoms with E-state index >= 15 is 0 Å². The van der Waals surface area contributed by atoms with Crippen LogP contribution >= 0.6 is 0 Å². The molecular weight excluding hydrogens is 148 g/mol. The number of allylic oxidation sites excluding steroid dienone is 5. The van der Waals surface area contributed by atoms with Crippen LogP contribution in [-0.4, -0.2) is 5.11 Å². The Hall–Kier alpha value is -0.980. The molecule has 0 radical (unpaired) electrons. The maximum Gasteiger partial charge on any atom is 0.117 e. The van der Waals surface area contributed by atoms with Crippen molar-refractivity contribution in [1.82, 2.24) is 0 Å². The van der Waals surface area contributed by atoms with Gasteiger partial charge in [-0.2, -0.15) is 0 Å². The lowest BCUT2D eigenvalue weighted by atomic mass is 10.1. The molecule has 12 heavy (non-hydrogen) atoms. The molecule has 0 aromatic carbocycles. The van der Waals surface area contributed by atoms with Gasteiger partial charge in [0.1, 0.15) is 5.76 Å². The fourth-order valence-electron chi connectivity index (χ4n) is 0.888. The number of hydrogen-bond acceptors (Lipinski definition) is 1. The van der Waals surface area contributed by atoms with Crippen LogP contribution < -0.4 is 0 Å². The average Bonchev–Trinajstić information content (AvgIpc) is 2.02. The highest BCUT2D eigenvalue weighted by Gasteiger charge is 1.97. The summed E-state index contributed by atoms with van der Waals surface area (Å²) in [5.74, 6) is 0.399. The summed E-state index contributed by atoms with van der Waals surface area (Å²) in [5, 5.41) is 9.52. The van der Waals surface area contributed by atoms with Crippen LogP contribution in [0, 0.1) is 0 Å². The molecule has 0 saturated carbocycles. The highest BCUT2D eigenvalue weighted by Crippen LogP contribution is 2.12. The van der Waals surface area contributed by atoms with E-state index in [2.05, 4.69) is 0 Å². The zero-order chi connectivity index (χ0) is 9.72. The summed E-state index contributed by atoms with van der Waals surface area (Å²) in [6.07, 6.45) is 3.99. The van der Waals surface area contributed by atoms with Crippen molar-refractivity contribution in [2.75, 3.05) is 0 Å². The molecule has 0 aliphatic carbocycles. The van der Waals surface area contributed by atoms with Gasteiger partial charge in [-0.1, -0.05) is 17.7 Å². The average molecular weight is 166 g/mol. The van der Waals surface area contributed by atoms with Gasteiger partial charge in [-0.3, -0.25) is 0 Å². The number of aliphatic hydroxyl groups excluding tert-OH is 1. The third-order valence-corrected chi connectivity index (χ3v) is 1.75. The summed E-state index contributed by atoms with van der Waals surface area (Å²) in [6.45, 7) is 9.71. The van der Waals surface area contributed by atoms with Gasteiger partial charge in [0.25, 0.3) is 0 Å². The normalized spacial score (nSPS) is 13.1. The Balaban J connectivity index is 4.73. The van der Waals surface area contributed by atoms with Crippen molar-refractivity contribution in [1.29, 1.82) is 0 Å². The molecular formula is C11H18O. The second-order valence-electron chi connectivity index (χ2n) is 3.21. The largest absolute Gasteiger partial charge is 0.508 e. The Bertz CT molecular complexity index is 238. The van der Waals surface area contributed by atoms with Gasteiger partial charge in [-0.15, -0.1) is 0 Å². The Morgan fingerprint density at radius 1 is 1.08 bits per heavy atom. The molecule has 1 N–H and O–H groups in total. The zero-order valence-electron chi connectivity index (χ0n) is 8.60. The highest BCUT2D eigenvalue weighted by molar-refractivity contribution is 5.32. The lowest BCUT2D eigenvalue weighted by molar-refractivity contribution is 0.416. The van der Waals surface area contributed by atoms with E-state index in [1.165, 1.54) is 5.57 Å². The van der Waals surface area contributed by atoms with Gasteiger partial charge in [-0.05, 0) is 45.8 Å². The molecule has 1 nitrogen and oxygen atoms in total. The molecule has 0 aromatic rings. The van der Waals surface area contributed by atoms with Crippen molar-refractivity contribution in [2.24, 2.45) is 0 Å². The van der Waals surface area contributed by atoms with Gasteiger partial charge in [0.2, 0.25) is 0 Å². The van der Waals surface area contributed by atoms with Crippen molar-refractivity contribution in [3.8, 4) is 0 Å². The lowest BCUT2D eigenvalue weighted by Crippen LogP contribution is -1.87. The number of rotatable bonds is 2. The predicted molar refractivity (Wildman–Crippen MR) is 54.2 cm³/mol. The Morgan fingerprint density at radius 2 is 1.58 bits per heavy atom. The number of hydrogen-bond donors (Lipinski definition) is 1. The van der Waals surface area contributed by atoms with Crippen molar-refractivity contribution in [3.05, 3.63) is 34.6 Å². The lowest BCUT2D eigenvalue weighted by Gasteiger charge is -2.02. The minimum Gasteiger partial charge on any atom is -0.508 e. The molecule has 0 amide bonds. The molecule has 0 aliphatic rings. The summed E-state index contributed by atoms with van der Waals surface area (Å²) in [4.78, 5) is 0. The third kappa shape index (κ3) is 3.42. The monoisotopic (exact) mass is 166 g/mol. The van der Waals surface area contributed by atoms with Crippen LogP contribution in [0.3, 0.4) is 0 Å². The van der Waals surface area contributed by atoms with Crippen molar-refractivity contribution in [2.45, 2.75) is 34.6 Å². The molecule has 0 aliphatic heterocycles. The SMILES string of the molecule is C/C=C(C)\C=C(\C)C(O)=C(C)C. The van der Waals surface area contributed by atoms with E-state index in [9.17, 15) is 5.11 Å². The zero-order valence-corrected chi connectivity index (χ0v) is 8.60. The first kappa shape index (κ1) is 11.0. The molecule has 0 unspecified atom stereocenters. The summed E-state index contributed by atoms with van der Waals surface area (Å²) in [5.41, 5.74) is 3.04. The number of aliphatic hydroxyl groups is 1. The van der Waals surface area contributed by atoms with Crippen LogP contribution in [0.15, 0.2) is 34.6 Å². The summed E-state index contributed by atoms with van der Waals surface area (Å²) < 4.78 is 0. The molecule has 0 aromatic heterocycles. The van der Waals surface area contributed by atoms with Gasteiger partial charge in [0.15, 0.2) is 0 Å². The maximum absolute atomic E-state index is 9.52. The minimum atomic E-state index is 0.399. The molecule has 0 fully saturated rings. The minimum absolute atomic E-state index is 0.399. The maximum atomic E-state index is 9.52. The Kier molecular flexibility index (Phi) is 4.42. The Morgan fingerprint density at radius 3 is 1.92 bits per heavy atom. The molecule has 0 heterocycles. The molecule has 0 bridgehead atoms. The fourth-order valence-corrected chi connectivity index (χ4v) is 0.888. The van der Waals surface area contributed by atoms with E-state index in [1.54, 1.807) is 0 Å². The molecule has 0 rings (SSSR count). The van der Waals surface area contributed by atoms with E-state index in [-0.39, 0.29) is 0 Å². The second kappa shape index (κ2) is 4.81. The van der Waals surface area contributed by atoms with Crippen LogP contribution in [0.2, 0.25) is 0 Å². The van der Waals surface area contributed by atoms with Crippen molar-refractivity contribution >= 4 is 0 Å². The van der Waals surface area contributed by atoms with Crippen LogP contribution in [0.1, 0.15) is 34.6 Å². The van der Waals surface area contributed by atoms with Crippen molar-refractivity contribution in [3.63, 3.8) is 0 Å².